The van der Waals surface area contributed by atoms with Crippen LogP contribution in [0.1, 0.15) is 81.2 Å². The van der Waals surface area contributed by atoms with Gasteiger partial charge in [0.2, 0.25) is 11.8 Å². The van der Waals surface area contributed by atoms with Gasteiger partial charge in [-0.3, -0.25) is 14.4 Å². The quantitative estimate of drug-likeness (QED) is 0.0421. The minimum absolute atomic E-state index is 0.0239. The lowest BCUT2D eigenvalue weighted by atomic mass is 9.82. The van der Waals surface area contributed by atoms with E-state index in [9.17, 15) is 23.6 Å². The van der Waals surface area contributed by atoms with Gasteiger partial charge in [0.1, 0.15) is 30.3 Å². The number of nitrogens with one attached hydrogen (secondary N) is 4. The molecule has 0 saturated carbocycles. The first-order chi connectivity index (χ1) is 33.1. The lowest BCUT2D eigenvalue weighted by molar-refractivity contribution is -0.128. The zero-order valence-corrected chi connectivity index (χ0v) is 42.7. The first-order valence-electron chi connectivity index (χ1n) is 23.7. The molecule has 1 aromatic heterocycles. The Hall–Kier alpha value is -6.81. The number of carbonyl (C=O) groups excluding carboxylic acids is 5. The number of aromatic nitrogens is 1. The molecule has 0 radical (unpaired) electrons. The Morgan fingerprint density at radius 2 is 1.40 bits per heavy atom. The van der Waals surface area contributed by atoms with E-state index in [1.807, 2.05) is 86.0 Å². The molecule has 5 amide bonds. The Balaban J connectivity index is 1.38. The first kappa shape index (κ1) is 54.1. The van der Waals surface area contributed by atoms with Crippen LogP contribution >= 0.6 is 0 Å². The third-order valence-corrected chi connectivity index (χ3v) is 13.3. The van der Waals surface area contributed by atoms with Gasteiger partial charge in [0.25, 0.3) is 5.91 Å². The summed E-state index contributed by atoms with van der Waals surface area (Å²) in [5.74, 6) is -2.96. The van der Waals surface area contributed by atoms with Crippen LogP contribution in [-0.4, -0.2) is 79.2 Å². The van der Waals surface area contributed by atoms with Crippen LogP contribution in [0.4, 0.5) is 24.1 Å². The number of anilines is 1. The largest absolute Gasteiger partial charge is 0.450 e. The van der Waals surface area contributed by atoms with Crippen LogP contribution < -0.4 is 21.3 Å². The molecule has 4 N–H and O–H groups in total. The first-order valence-corrected chi connectivity index (χ1v) is 27.4. The van der Waals surface area contributed by atoms with E-state index in [0.29, 0.717) is 42.1 Å². The highest BCUT2D eigenvalue weighted by molar-refractivity contribution is 6.76. The number of alkyl carbamates (subject to hydrolysis) is 2. The van der Waals surface area contributed by atoms with Crippen LogP contribution in [0, 0.1) is 23.0 Å². The zero-order chi connectivity index (χ0) is 51.2. The lowest BCUT2D eigenvalue weighted by Gasteiger charge is -2.41. The van der Waals surface area contributed by atoms with Gasteiger partial charge in [-0.15, -0.1) is 0 Å². The fraction of sp³-hybridized carbons (Fsp3) is 0.389. The van der Waals surface area contributed by atoms with Gasteiger partial charge in [0, 0.05) is 62.0 Å². The summed E-state index contributed by atoms with van der Waals surface area (Å²) in [4.78, 5) is 68.8. The second-order valence-corrected chi connectivity index (χ2v) is 25.7. The second-order valence-electron chi connectivity index (χ2n) is 20.1. The molecule has 16 heteroatoms. The number of rotatable bonds is 21. The topological polar surface area (TPSA) is 160 Å². The Morgan fingerprint density at radius 1 is 0.757 bits per heavy atom. The fourth-order valence-electron chi connectivity index (χ4n) is 7.81. The monoisotopic (exact) mass is 978 g/mol. The van der Waals surface area contributed by atoms with Crippen molar-refractivity contribution in [1.29, 1.82) is 0 Å². The summed E-state index contributed by atoms with van der Waals surface area (Å²) < 4.78 is 42.8. The molecule has 70 heavy (non-hydrogen) atoms. The van der Waals surface area contributed by atoms with Gasteiger partial charge in [-0.05, 0) is 90.4 Å². The van der Waals surface area contributed by atoms with Crippen molar-refractivity contribution < 1.29 is 42.2 Å². The average molecular weight is 979 g/mol. The van der Waals surface area contributed by atoms with Crippen molar-refractivity contribution in [2.45, 2.75) is 105 Å². The summed E-state index contributed by atoms with van der Waals surface area (Å²) in [5.41, 5.74) is 2.97. The molecular formula is C54H68F2N6O7Si. The van der Waals surface area contributed by atoms with Crippen molar-refractivity contribution in [3.05, 3.63) is 149 Å². The predicted octanol–water partition coefficient (Wildman–Crippen LogP) is 10.6. The molecule has 4 aromatic carbocycles. The van der Waals surface area contributed by atoms with E-state index in [0.717, 1.165) is 35.4 Å². The lowest BCUT2D eigenvalue weighted by Crippen LogP contribution is -2.53. The molecule has 0 spiro atoms. The van der Waals surface area contributed by atoms with Crippen LogP contribution in [0.5, 0.6) is 0 Å². The Labute approximate surface area is 411 Å². The molecule has 1 heterocycles. The fourth-order valence-corrected chi connectivity index (χ4v) is 8.52. The number of halogens is 2. The summed E-state index contributed by atoms with van der Waals surface area (Å²) in [5, 5.41) is 10.9. The van der Waals surface area contributed by atoms with Gasteiger partial charge in [-0.1, -0.05) is 115 Å². The van der Waals surface area contributed by atoms with Crippen LogP contribution in [0.2, 0.25) is 25.7 Å². The minimum Gasteiger partial charge on any atom is -0.450 e. The smallest absolute Gasteiger partial charge is 0.408 e. The van der Waals surface area contributed by atoms with E-state index in [1.165, 1.54) is 6.92 Å². The van der Waals surface area contributed by atoms with Gasteiger partial charge < -0.3 is 40.2 Å². The van der Waals surface area contributed by atoms with E-state index in [-0.39, 0.29) is 37.1 Å². The predicted molar refractivity (Wildman–Crippen MR) is 272 cm³/mol. The zero-order valence-electron chi connectivity index (χ0n) is 41.7. The average Bonchev–Trinajstić information content (AvgIpc) is 3.70. The molecule has 0 aliphatic heterocycles. The van der Waals surface area contributed by atoms with E-state index in [1.54, 1.807) is 55.3 Å². The van der Waals surface area contributed by atoms with Crippen LogP contribution in [0.3, 0.4) is 0 Å². The van der Waals surface area contributed by atoms with Crippen molar-refractivity contribution in [2.24, 2.45) is 11.3 Å². The number of hydrogen-bond donors (Lipinski definition) is 4. The Morgan fingerprint density at radius 3 is 2.01 bits per heavy atom. The van der Waals surface area contributed by atoms with Crippen LogP contribution in [-0.2, 0) is 32.2 Å². The highest BCUT2D eigenvalue weighted by atomic mass is 28.3. The second kappa shape index (κ2) is 24.6. The van der Waals surface area contributed by atoms with E-state index in [2.05, 4.69) is 40.9 Å². The van der Waals surface area contributed by atoms with Crippen LogP contribution in [0.15, 0.2) is 115 Å². The molecule has 0 aliphatic rings. The number of benzene rings is 4. The Bertz CT molecular complexity index is 2540. The number of amides is 5. The number of ether oxygens (including phenoxy) is 2. The number of hydrogen-bond acceptors (Lipinski definition) is 7. The van der Waals surface area contributed by atoms with Crippen LogP contribution in [0.25, 0.3) is 11.1 Å². The number of carbonyl (C=O) groups is 5. The maximum Gasteiger partial charge on any atom is 0.408 e. The molecule has 3 atom stereocenters. The molecule has 0 fully saturated rings. The summed E-state index contributed by atoms with van der Waals surface area (Å²) in [7, 11) is -1.43. The standard InChI is InChI=1S/C54H68F2N6O7Si/c1-36(2)47(60-53(67)69-35-39-19-14-11-15-20-39)50(64)58-37(3)49(63)59-43-24-21-40(22-25-43)51(65)62(28-16-27-57-52(66)68-29-30-70(7,8)9)48(54(4,5)6)46-31-41(44-32-42(55)23-26-45(44)56)34-61(46)33-38-17-12-10-13-18-38/h10-15,17-26,31-32,34,36-37,47-48H,16,27-30,33,35H2,1-9H3,(H,57,66)(H,58,64)(H,59,63)(H,60,67). The maximum absolute atomic E-state index is 15.4. The third kappa shape index (κ3) is 16.1. The van der Waals surface area contributed by atoms with E-state index in [4.69, 9.17) is 9.47 Å². The maximum atomic E-state index is 15.4. The number of nitrogens with zero attached hydrogens (tertiary/aromatic N) is 2. The SMILES string of the molecule is CC(NC(=O)C(NC(=O)OCc1ccccc1)C(C)C)C(=O)Nc1ccc(C(=O)N(CCCNC(=O)OCC[Si](C)(C)C)C(c2cc(-c3cc(F)ccc3F)cn2Cc2ccccc2)C(C)(C)C)cc1. The summed E-state index contributed by atoms with van der Waals surface area (Å²) in [6.45, 7) is 18.8. The molecule has 13 nitrogen and oxygen atoms in total. The molecule has 5 rings (SSSR count). The molecule has 0 bridgehead atoms. The highest BCUT2D eigenvalue weighted by Crippen LogP contribution is 2.42. The van der Waals surface area contributed by atoms with Crippen molar-refractivity contribution in [3.63, 3.8) is 0 Å². The highest BCUT2D eigenvalue weighted by Gasteiger charge is 2.38. The molecular weight excluding hydrogens is 911 g/mol. The van der Waals surface area contributed by atoms with Gasteiger partial charge in [-0.25, -0.2) is 18.4 Å². The normalized spacial score (nSPS) is 12.9. The summed E-state index contributed by atoms with van der Waals surface area (Å²) in [6, 6.07) is 28.5. The van der Waals surface area contributed by atoms with Gasteiger partial charge >= 0.3 is 12.2 Å². The van der Waals surface area contributed by atoms with Gasteiger partial charge in [0.05, 0.1) is 12.6 Å². The summed E-state index contributed by atoms with van der Waals surface area (Å²) in [6.07, 6.45) is 0.823. The molecule has 3 unspecified atom stereocenters. The molecule has 0 aliphatic carbocycles. The van der Waals surface area contributed by atoms with Gasteiger partial charge in [-0.2, -0.15) is 0 Å². The minimum atomic E-state index is -1.43. The molecule has 374 valence electrons. The van der Waals surface area contributed by atoms with E-state index >= 15 is 9.18 Å². The molecule has 0 saturated heterocycles. The van der Waals surface area contributed by atoms with Crippen molar-refractivity contribution >= 4 is 43.7 Å². The van der Waals surface area contributed by atoms with E-state index < -0.39 is 67.2 Å². The third-order valence-electron chi connectivity index (χ3n) is 11.6. The molecule has 5 aromatic rings. The van der Waals surface area contributed by atoms with Crippen molar-refractivity contribution in [1.82, 2.24) is 25.4 Å². The van der Waals surface area contributed by atoms with Crippen molar-refractivity contribution in [3.8, 4) is 11.1 Å². The van der Waals surface area contributed by atoms with Crippen molar-refractivity contribution in [2.75, 3.05) is 25.0 Å². The Kier molecular flexibility index (Phi) is 19.1. The summed E-state index contributed by atoms with van der Waals surface area (Å²) >= 11 is 0. The van der Waals surface area contributed by atoms with Gasteiger partial charge in [0.15, 0.2) is 0 Å².